The zero-order chi connectivity index (χ0) is 18.6. The summed E-state index contributed by atoms with van der Waals surface area (Å²) < 4.78 is 0. The number of nitrogens with zero attached hydrogens (tertiary/aromatic N) is 4. The monoisotopic (exact) mass is 365 g/mol. The molecule has 0 spiro atoms. The van der Waals surface area contributed by atoms with Gasteiger partial charge in [-0.05, 0) is 36.6 Å². The Morgan fingerprint density at radius 2 is 2.00 bits per heavy atom. The summed E-state index contributed by atoms with van der Waals surface area (Å²) in [5.74, 6) is 0.497. The van der Waals surface area contributed by atoms with Crippen molar-refractivity contribution in [2.45, 2.75) is 38.3 Å². The van der Waals surface area contributed by atoms with E-state index in [1.807, 2.05) is 17.0 Å². The van der Waals surface area contributed by atoms with E-state index in [0.717, 1.165) is 24.9 Å². The standard InChI is InChI=1S/C20H23N5O2/c26-19(16-4-3-9-21-14-16)23-13-15-7-8-18(22-12-15)25-11-10-24(20(25)27)17-5-1-2-6-17/h3-4,7-9,12,14,17H,1-2,5-6,10-11,13H2,(H,23,26). The predicted molar refractivity (Wildman–Crippen MR) is 101 cm³/mol. The van der Waals surface area contributed by atoms with Crippen molar-refractivity contribution >= 4 is 17.8 Å². The fourth-order valence-electron chi connectivity index (χ4n) is 3.78. The van der Waals surface area contributed by atoms with Gasteiger partial charge in [-0.15, -0.1) is 0 Å². The van der Waals surface area contributed by atoms with Gasteiger partial charge in [0.2, 0.25) is 0 Å². The largest absolute Gasteiger partial charge is 0.348 e. The van der Waals surface area contributed by atoms with Crippen molar-refractivity contribution in [2.24, 2.45) is 0 Å². The lowest BCUT2D eigenvalue weighted by molar-refractivity contribution is 0.0950. The van der Waals surface area contributed by atoms with Crippen LogP contribution in [-0.2, 0) is 6.54 Å². The second-order valence-corrected chi connectivity index (χ2v) is 7.01. The van der Waals surface area contributed by atoms with Crippen LogP contribution in [0.1, 0.15) is 41.6 Å². The summed E-state index contributed by atoms with van der Waals surface area (Å²) in [6.07, 6.45) is 9.53. The Morgan fingerprint density at radius 3 is 2.70 bits per heavy atom. The van der Waals surface area contributed by atoms with Gasteiger partial charge in [-0.3, -0.25) is 14.7 Å². The molecule has 2 aromatic rings. The molecule has 2 aliphatic rings. The van der Waals surface area contributed by atoms with Crippen LogP contribution in [-0.4, -0.2) is 45.9 Å². The summed E-state index contributed by atoms with van der Waals surface area (Å²) in [4.78, 5) is 36.9. The van der Waals surface area contributed by atoms with Gasteiger partial charge in [-0.25, -0.2) is 9.78 Å². The number of rotatable bonds is 5. The molecule has 7 heteroatoms. The van der Waals surface area contributed by atoms with Crippen molar-refractivity contribution in [1.82, 2.24) is 20.2 Å². The van der Waals surface area contributed by atoms with Crippen molar-refractivity contribution in [2.75, 3.05) is 18.0 Å². The smallest absolute Gasteiger partial charge is 0.326 e. The zero-order valence-electron chi connectivity index (χ0n) is 15.2. The van der Waals surface area contributed by atoms with Crippen molar-refractivity contribution in [3.63, 3.8) is 0 Å². The molecule has 0 bridgehead atoms. The van der Waals surface area contributed by atoms with Crippen LogP contribution >= 0.6 is 0 Å². The lowest BCUT2D eigenvalue weighted by Gasteiger charge is -2.23. The lowest BCUT2D eigenvalue weighted by Crippen LogP contribution is -2.38. The first-order chi connectivity index (χ1) is 13.2. The minimum atomic E-state index is -0.172. The molecule has 2 aromatic heterocycles. The van der Waals surface area contributed by atoms with Crippen LogP contribution in [0.2, 0.25) is 0 Å². The van der Waals surface area contributed by atoms with Crippen LogP contribution < -0.4 is 10.2 Å². The average molecular weight is 365 g/mol. The molecule has 7 nitrogen and oxygen atoms in total. The van der Waals surface area contributed by atoms with Crippen molar-refractivity contribution in [1.29, 1.82) is 0 Å². The number of urea groups is 1. The van der Waals surface area contributed by atoms with E-state index in [0.29, 0.717) is 30.5 Å². The molecule has 0 atom stereocenters. The Hall–Kier alpha value is -2.96. The van der Waals surface area contributed by atoms with Gasteiger partial charge in [0.05, 0.1) is 5.56 Å². The second-order valence-electron chi connectivity index (χ2n) is 7.01. The van der Waals surface area contributed by atoms with E-state index in [9.17, 15) is 9.59 Å². The van der Waals surface area contributed by atoms with E-state index in [4.69, 9.17) is 0 Å². The van der Waals surface area contributed by atoms with Gasteiger partial charge in [0.1, 0.15) is 5.82 Å². The van der Waals surface area contributed by atoms with Crippen LogP contribution in [0.5, 0.6) is 0 Å². The number of carbonyl (C=O) groups is 2. The SMILES string of the molecule is O=C(NCc1ccc(N2CCN(C3CCCC3)C2=O)nc1)c1cccnc1. The molecule has 3 amide bonds. The number of amides is 3. The molecule has 1 aliphatic heterocycles. The summed E-state index contributed by atoms with van der Waals surface area (Å²) in [7, 11) is 0. The number of aromatic nitrogens is 2. The van der Waals surface area contributed by atoms with E-state index < -0.39 is 0 Å². The molecule has 0 radical (unpaired) electrons. The van der Waals surface area contributed by atoms with E-state index >= 15 is 0 Å². The molecule has 4 rings (SSSR count). The van der Waals surface area contributed by atoms with Gasteiger partial charge in [-0.2, -0.15) is 0 Å². The number of carbonyl (C=O) groups excluding carboxylic acids is 2. The predicted octanol–water partition coefficient (Wildman–Crippen LogP) is 2.59. The highest BCUT2D eigenvalue weighted by Crippen LogP contribution is 2.28. The van der Waals surface area contributed by atoms with Crippen molar-refractivity contribution in [3.8, 4) is 0 Å². The number of anilines is 1. The highest BCUT2D eigenvalue weighted by Gasteiger charge is 2.35. The Morgan fingerprint density at radius 1 is 1.15 bits per heavy atom. The first-order valence-electron chi connectivity index (χ1n) is 9.43. The molecule has 1 N–H and O–H groups in total. The molecular formula is C20H23N5O2. The van der Waals surface area contributed by atoms with Crippen LogP contribution in [0.4, 0.5) is 10.6 Å². The molecule has 1 saturated heterocycles. The van der Waals surface area contributed by atoms with E-state index in [2.05, 4.69) is 15.3 Å². The minimum absolute atomic E-state index is 0.0621. The third-order valence-electron chi connectivity index (χ3n) is 5.27. The van der Waals surface area contributed by atoms with Crippen LogP contribution in [0.15, 0.2) is 42.9 Å². The first kappa shape index (κ1) is 17.5. The van der Waals surface area contributed by atoms with E-state index in [1.165, 1.54) is 19.0 Å². The summed E-state index contributed by atoms with van der Waals surface area (Å²) in [6, 6.07) is 7.65. The molecule has 1 aliphatic carbocycles. The maximum Gasteiger partial charge on any atom is 0.326 e. The molecule has 0 aromatic carbocycles. The fraction of sp³-hybridized carbons (Fsp3) is 0.400. The topological polar surface area (TPSA) is 78.4 Å². The normalized spacial score (nSPS) is 17.6. The Kier molecular flexibility index (Phi) is 5.00. The van der Waals surface area contributed by atoms with Gasteiger partial charge >= 0.3 is 6.03 Å². The van der Waals surface area contributed by atoms with Crippen molar-refractivity contribution < 1.29 is 9.59 Å². The van der Waals surface area contributed by atoms with Crippen molar-refractivity contribution in [3.05, 3.63) is 54.0 Å². The fourth-order valence-corrected chi connectivity index (χ4v) is 3.78. The summed E-state index contributed by atoms with van der Waals surface area (Å²) in [5.41, 5.74) is 1.41. The van der Waals surface area contributed by atoms with Gasteiger partial charge in [0, 0.05) is 44.3 Å². The number of hydrogen-bond acceptors (Lipinski definition) is 4. The number of nitrogens with one attached hydrogen (secondary N) is 1. The maximum absolute atomic E-state index is 12.7. The van der Waals surface area contributed by atoms with Gasteiger partial charge in [-0.1, -0.05) is 18.9 Å². The molecule has 0 unspecified atom stereocenters. The maximum atomic E-state index is 12.7. The van der Waals surface area contributed by atoms with Crippen LogP contribution in [0, 0.1) is 0 Å². The highest BCUT2D eigenvalue weighted by atomic mass is 16.2. The van der Waals surface area contributed by atoms with Crippen LogP contribution in [0.3, 0.4) is 0 Å². The Labute approximate surface area is 158 Å². The Balaban J connectivity index is 1.35. The minimum Gasteiger partial charge on any atom is -0.348 e. The highest BCUT2D eigenvalue weighted by molar-refractivity contribution is 5.94. The number of hydrogen-bond donors (Lipinski definition) is 1. The first-order valence-corrected chi connectivity index (χ1v) is 9.43. The van der Waals surface area contributed by atoms with E-state index in [-0.39, 0.29) is 11.9 Å². The van der Waals surface area contributed by atoms with Gasteiger partial charge in [0.25, 0.3) is 5.91 Å². The van der Waals surface area contributed by atoms with E-state index in [1.54, 1.807) is 29.4 Å². The Bertz CT molecular complexity index is 803. The molecule has 2 fully saturated rings. The molecule has 3 heterocycles. The second kappa shape index (κ2) is 7.73. The molecular weight excluding hydrogens is 342 g/mol. The van der Waals surface area contributed by atoms with Gasteiger partial charge in [0.15, 0.2) is 0 Å². The molecule has 1 saturated carbocycles. The quantitative estimate of drug-likeness (QED) is 0.883. The molecule has 27 heavy (non-hydrogen) atoms. The summed E-state index contributed by atoms with van der Waals surface area (Å²) in [6.45, 7) is 1.83. The van der Waals surface area contributed by atoms with Crippen LogP contribution in [0.25, 0.3) is 0 Å². The number of pyridine rings is 2. The lowest BCUT2D eigenvalue weighted by atomic mass is 10.2. The molecule has 140 valence electrons. The average Bonchev–Trinajstić information content (AvgIpc) is 3.37. The van der Waals surface area contributed by atoms with Gasteiger partial charge < -0.3 is 10.2 Å². The third kappa shape index (κ3) is 3.77. The summed E-state index contributed by atoms with van der Waals surface area (Å²) >= 11 is 0. The summed E-state index contributed by atoms with van der Waals surface area (Å²) in [5, 5.41) is 2.85. The third-order valence-corrected chi connectivity index (χ3v) is 5.27. The zero-order valence-corrected chi connectivity index (χ0v) is 15.2.